The van der Waals surface area contributed by atoms with Gasteiger partial charge in [-0.05, 0) is 35.9 Å². The first-order valence-electron chi connectivity index (χ1n) is 11.0. The second-order valence-corrected chi connectivity index (χ2v) is 8.08. The van der Waals surface area contributed by atoms with Gasteiger partial charge in [0.2, 0.25) is 12.0 Å². The van der Waals surface area contributed by atoms with Crippen LogP contribution in [0.5, 0.6) is 23.0 Å². The van der Waals surface area contributed by atoms with Crippen molar-refractivity contribution in [2.75, 3.05) is 6.61 Å². The molecule has 0 aromatic heterocycles. The number of hydrogen-bond acceptors (Lipinski definition) is 12. The lowest BCUT2D eigenvalue weighted by Gasteiger charge is -2.42. The Morgan fingerprint density at radius 3 is 2.14 bits per heavy atom. The van der Waals surface area contributed by atoms with Crippen LogP contribution in [0, 0.1) is 0 Å². The zero-order valence-corrected chi connectivity index (χ0v) is 19.8. The van der Waals surface area contributed by atoms with Gasteiger partial charge in [-0.15, -0.1) is 0 Å². The quantitative estimate of drug-likeness (QED) is 0.145. The van der Waals surface area contributed by atoms with E-state index in [1.807, 2.05) is 0 Å². The van der Waals surface area contributed by atoms with Gasteiger partial charge >= 0.3 is 11.9 Å². The molecular weight excluding hydrogens is 492 g/mol. The van der Waals surface area contributed by atoms with Crippen molar-refractivity contribution >= 4 is 23.8 Å². The fourth-order valence-electron chi connectivity index (χ4n) is 3.63. The highest BCUT2D eigenvalue weighted by atomic mass is 16.7. The van der Waals surface area contributed by atoms with Crippen LogP contribution in [0.25, 0.3) is 6.08 Å². The summed E-state index contributed by atoms with van der Waals surface area (Å²) >= 11 is 0. The third-order valence-corrected chi connectivity index (χ3v) is 5.34. The molecule has 1 aliphatic rings. The zero-order chi connectivity index (χ0) is 27.3. The van der Waals surface area contributed by atoms with Crippen LogP contribution in [-0.4, -0.2) is 80.6 Å². The van der Waals surface area contributed by atoms with Gasteiger partial charge < -0.3 is 44.5 Å². The smallest absolute Gasteiger partial charge is 0.303 e. The number of ketones is 1. The van der Waals surface area contributed by atoms with E-state index < -0.39 is 72.3 Å². The predicted molar refractivity (Wildman–Crippen MR) is 125 cm³/mol. The van der Waals surface area contributed by atoms with Crippen molar-refractivity contribution in [1.82, 2.24) is 0 Å². The Balaban J connectivity index is 1.82. The lowest BCUT2D eigenvalue weighted by molar-refractivity contribution is -0.284. The normalized spacial score (nSPS) is 23.4. The number of phenolic OH excluding ortho intramolecular Hbond substituents is 3. The number of carbonyl (C=O) groups excluding carboxylic acids is 3. The van der Waals surface area contributed by atoms with Gasteiger partial charge in [-0.25, -0.2) is 0 Å². The molecule has 0 saturated carbocycles. The predicted octanol–water partition coefficient (Wildman–Crippen LogP) is 1.02. The maximum absolute atomic E-state index is 12.5. The van der Waals surface area contributed by atoms with Crippen molar-refractivity contribution in [3.8, 4) is 23.0 Å². The number of aromatic hydroxyl groups is 3. The van der Waals surface area contributed by atoms with Crippen LogP contribution >= 0.6 is 0 Å². The molecule has 5 unspecified atom stereocenters. The maximum Gasteiger partial charge on any atom is 0.303 e. The van der Waals surface area contributed by atoms with Crippen LogP contribution in [0.3, 0.4) is 0 Å². The van der Waals surface area contributed by atoms with E-state index >= 15 is 0 Å². The maximum atomic E-state index is 12.5. The number of rotatable bonds is 8. The Hall–Kier alpha value is -4.13. The molecule has 2 aromatic rings. The highest BCUT2D eigenvalue weighted by Gasteiger charge is 2.50. The number of esters is 2. The first-order chi connectivity index (χ1) is 17.5. The first-order valence-corrected chi connectivity index (χ1v) is 11.0. The molecule has 12 heteroatoms. The molecule has 1 fully saturated rings. The molecule has 1 aliphatic heterocycles. The third-order valence-electron chi connectivity index (χ3n) is 5.34. The molecule has 5 N–H and O–H groups in total. The van der Waals surface area contributed by atoms with E-state index in [0.29, 0.717) is 5.56 Å². The van der Waals surface area contributed by atoms with Crippen LogP contribution in [0.4, 0.5) is 0 Å². The topological polar surface area (TPSA) is 189 Å². The molecule has 3 rings (SSSR count). The van der Waals surface area contributed by atoms with Crippen molar-refractivity contribution in [2.45, 2.75) is 44.6 Å². The zero-order valence-electron chi connectivity index (χ0n) is 19.8. The fourth-order valence-corrected chi connectivity index (χ4v) is 3.63. The Labute approximate surface area is 210 Å². The van der Waals surface area contributed by atoms with Gasteiger partial charge in [0, 0.05) is 13.8 Å². The third kappa shape index (κ3) is 6.55. The highest BCUT2D eigenvalue weighted by molar-refractivity contribution is 6.09. The number of hydrogen-bond donors (Lipinski definition) is 5. The van der Waals surface area contributed by atoms with Gasteiger partial charge in [0.25, 0.3) is 0 Å². The minimum absolute atomic E-state index is 0.0556. The Bertz CT molecular complexity index is 1170. The minimum Gasteiger partial charge on any atom is -0.508 e. The number of phenols is 3. The molecule has 198 valence electrons. The van der Waals surface area contributed by atoms with Gasteiger partial charge in [0.1, 0.15) is 11.9 Å². The lowest BCUT2D eigenvalue weighted by atomic mass is 9.98. The molecule has 2 aromatic carbocycles. The molecule has 0 spiro atoms. The van der Waals surface area contributed by atoms with Crippen LogP contribution in [0.1, 0.15) is 29.8 Å². The standard InChI is InChI=1S/C25H26O12/c1-12(27)34-23-19(11-26)37-25(22(33)24(23)35-13(2)28)36-18-10-8-16(20(31)21(18)32)17(30)9-5-14-3-6-15(29)7-4-14/h3-10,19,22-26,29,31-33H,11H2,1-2H3. The molecule has 12 nitrogen and oxygen atoms in total. The van der Waals surface area contributed by atoms with Gasteiger partial charge in [-0.3, -0.25) is 14.4 Å². The summed E-state index contributed by atoms with van der Waals surface area (Å²) in [5.74, 6) is -4.24. The molecule has 0 bridgehead atoms. The molecule has 5 atom stereocenters. The fraction of sp³-hybridized carbons (Fsp3) is 0.320. The Morgan fingerprint density at radius 2 is 1.54 bits per heavy atom. The van der Waals surface area contributed by atoms with E-state index in [1.54, 1.807) is 12.1 Å². The van der Waals surface area contributed by atoms with E-state index in [9.17, 15) is 39.9 Å². The number of aliphatic hydroxyl groups excluding tert-OH is 2. The van der Waals surface area contributed by atoms with Crippen LogP contribution in [-0.2, 0) is 23.8 Å². The summed E-state index contributed by atoms with van der Waals surface area (Å²) in [7, 11) is 0. The van der Waals surface area contributed by atoms with Crippen LogP contribution < -0.4 is 4.74 Å². The van der Waals surface area contributed by atoms with Crippen molar-refractivity contribution in [3.05, 3.63) is 53.6 Å². The average Bonchev–Trinajstić information content (AvgIpc) is 2.84. The Morgan fingerprint density at radius 1 is 0.919 bits per heavy atom. The number of ether oxygens (including phenoxy) is 4. The van der Waals surface area contributed by atoms with Crippen LogP contribution in [0.2, 0.25) is 0 Å². The van der Waals surface area contributed by atoms with Gasteiger partial charge in [0.15, 0.2) is 35.6 Å². The van der Waals surface area contributed by atoms with E-state index in [4.69, 9.17) is 18.9 Å². The largest absolute Gasteiger partial charge is 0.508 e. The van der Waals surface area contributed by atoms with Crippen molar-refractivity contribution in [3.63, 3.8) is 0 Å². The molecule has 0 aliphatic carbocycles. The summed E-state index contributed by atoms with van der Waals surface area (Å²) in [6, 6.07) is 8.30. The van der Waals surface area contributed by atoms with E-state index in [0.717, 1.165) is 32.1 Å². The van der Waals surface area contributed by atoms with E-state index in [-0.39, 0.29) is 11.3 Å². The SMILES string of the molecule is CC(=O)OC1C(CO)OC(Oc2ccc(C(=O)C=Cc3ccc(O)cc3)c(O)c2O)C(O)C1OC(C)=O. The molecular formula is C25H26O12. The van der Waals surface area contributed by atoms with Gasteiger partial charge in [-0.1, -0.05) is 18.2 Å². The highest BCUT2D eigenvalue weighted by Crippen LogP contribution is 2.40. The van der Waals surface area contributed by atoms with Crippen LogP contribution in [0.15, 0.2) is 42.5 Å². The average molecular weight is 518 g/mol. The van der Waals surface area contributed by atoms with Gasteiger partial charge in [-0.2, -0.15) is 0 Å². The summed E-state index contributed by atoms with van der Waals surface area (Å²) in [6.07, 6.45) is -4.91. The van der Waals surface area contributed by atoms with Crippen molar-refractivity contribution in [1.29, 1.82) is 0 Å². The molecule has 37 heavy (non-hydrogen) atoms. The van der Waals surface area contributed by atoms with Crippen molar-refractivity contribution in [2.24, 2.45) is 0 Å². The number of allylic oxidation sites excluding steroid dienone is 1. The lowest BCUT2D eigenvalue weighted by Crippen LogP contribution is -2.62. The summed E-state index contributed by atoms with van der Waals surface area (Å²) in [5, 5.41) is 50.6. The second-order valence-electron chi connectivity index (χ2n) is 8.08. The minimum atomic E-state index is -1.74. The van der Waals surface area contributed by atoms with Gasteiger partial charge in [0.05, 0.1) is 12.2 Å². The molecule has 0 radical (unpaired) electrons. The summed E-state index contributed by atoms with van der Waals surface area (Å²) in [4.78, 5) is 35.6. The molecule has 1 saturated heterocycles. The number of carbonyl (C=O) groups is 3. The molecule has 1 heterocycles. The monoisotopic (exact) mass is 518 g/mol. The Kier molecular flexibility index (Phi) is 8.71. The summed E-state index contributed by atoms with van der Waals surface area (Å²) in [6.45, 7) is 1.44. The number of benzene rings is 2. The van der Waals surface area contributed by atoms with Crippen molar-refractivity contribution < 1.29 is 58.9 Å². The second kappa shape index (κ2) is 11.7. The molecule has 0 amide bonds. The van der Waals surface area contributed by atoms with E-state index in [2.05, 4.69) is 0 Å². The first kappa shape index (κ1) is 27.5. The number of aliphatic hydroxyl groups is 2. The summed E-state index contributed by atoms with van der Waals surface area (Å²) in [5.41, 5.74) is 0.344. The summed E-state index contributed by atoms with van der Waals surface area (Å²) < 4.78 is 21.1. The van der Waals surface area contributed by atoms with E-state index in [1.165, 1.54) is 18.2 Å².